The maximum absolute atomic E-state index is 10.8. The Kier molecular flexibility index (Phi) is 7.00. The Hall–Kier alpha value is -1.09. The van der Waals surface area contributed by atoms with Gasteiger partial charge in [-0.25, -0.2) is 0 Å². The lowest BCUT2D eigenvalue weighted by molar-refractivity contribution is -0.138. The second-order valence-electron chi connectivity index (χ2n) is 6.41. The van der Waals surface area contributed by atoms with Gasteiger partial charge in [0.25, 0.3) is 0 Å². The van der Waals surface area contributed by atoms with Gasteiger partial charge in [-0.15, -0.1) is 6.58 Å². The molecule has 1 saturated carbocycles. The number of carboxylic acid groups (broad SMARTS) is 1. The van der Waals surface area contributed by atoms with Gasteiger partial charge in [-0.2, -0.15) is 0 Å². The zero-order chi connectivity index (χ0) is 15.1. The molecule has 0 bridgehead atoms. The molecule has 3 unspecified atom stereocenters. The Labute approximate surface area is 123 Å². The number of carboxylic acids is 1. The van der Waals surface area contributed by atoms with Crippen molar-refractivity contribution < 1.29 is 9.90 Å². The topological polar surface area (TPSA) is 40.5 Å². The van der Waals surface area contributed by atoms with E-state index in [0.29, 0.717) is 12.0 Å². The predicted molar refractivity (Wildman–Crippen MR) is 83.7 cm³/mol. The van der Waals surface area contributed by atoms with Crippen molar-refractivity contribution in [2.45, 2.75) is 45.1 Å². The van der Waals surface area contributed by atoms with Crippen molar-refractivity contribution >= 4 is 5.97 Å². The molecule has 1 N–H and O–H groups in total. The van der Waals surface area contributed by atoms with Crippen molar-refractivity contribution in [2.75, 3.05) is 14.1 Å². The zero-order valence-corrected chi connectivity index (χ0v) is 13.1. The van der Waals surface area contributed by atoms with Crippen LogP contribution in [0.15, 0.2) is 24.8 Å². The molecule has 1 fully saturated rings. The van der Waals surface area contributed by atoms with Crippen LogP contribution in [0.1, 0.15) is 39.0 Å². The van der Waals surface area contributed by atoms with Crippen LogP contribution in [0.25, 0.3) is 0 Å². The van der Waals surface area contributed by atoms with Crippen LogP contribution >= 0.6 is 0 Å². The lowest BCUT2D eigenvalue weighted by atomic mass is 9.90. The number of carbonyl (C=O) groups is 1. The third kappa shape index (κ3) is 6.90. The van der Waals surface area contributed by atoms with Gasteiger partial charge >= 0.3 is 5.97 Å². The first-order valence-corrected chi connectivity index (χ1v) is 7.61. The number of rotatable bonds is 10. The Bertz CT molecular complexity index is 345. The standard InChI is InChI=1S/C17H29NO2/c1-5-14(6-7-15-8-9-15)12-16(18(3)4)10-13(2)11-17(19)20/h5-7,13-16H,1,8-12H2,2-4H3,(H,19,20)/b7-6+. The second kappa shape index (κ2) is 8.25. The summed E-state index contributed by atoms with van der Waals surface area (Å²) >= 11 is 0. The van der Waals surface area contributed by atoms with Gasteiger partial charge < -0.3 is 10.0 Å². The molecule has 0 spiro atoms. The summed E-state index contributed by atoms with van der Waals surface area (Å²) in [5.41, 5.74) is 0. The van der Waals surface area contributed by atoms with E-state index in [4.69, 9.17) is 5.11 Å². The summed E-state index contributed by atoms with van der Waals surface area (Å²) in [6, 6.07) is 0.399. The van der Waals surface area contributed by atoms with Crippen LogP contribution in [-0.2, 0) is 4.79 Å². The van der Waals surface area contributed by atoms with Crippen LogP contribution in [0.2, 0.25) is 0 Å². The molecule has 0 aromatic carbocycles. The Morgan fingerprint density at radius 1 is 1.40 bits per heavy atom. The van der Waals surface area contributed by atoms with E-state index in [2.05, 4.69) is 37.7 Å². The molecule has 0 saturated heterocycles. The fourth-order valence-electron chi connectivity index (χ4n) is 2.52. The molecule has 1 aliphatic carbocycles. The lowest BCUT2D eigenvalue weighted by Crippen LogP contribution is -2.31. The van der Waals surface area contributed by atoms with Gasteiger partial charge in [0.15, 0.2) is 0 Å². The highest BCUT2D eigenvalue weighted by Gasteiger charge is 2.21. The van der Waals surface area contributed by atoms with E-state index in [-0.39, 0.29) is 12.3 Å². The predicted octanol–water partition coefficient (Wildman–Crippen LogP) is 3.58. The summed E-state index contributed by atoms with van der Waals surface area (Å²) in [4.78, 5) is 13.0. The molecule has 0 amide bonds. The third-order valence-electron chi connectivity index (χ3n) is 4.03. The van der Waals surface area contributed by atoms with E-state index in [0.717, 1.165) is 18.8 Å². The Morgan fingerprint density at radius 2 is 2.05 bits per heavy atom. The van der Waals surface area contributed by atoms with Crippen molar-refractivity contribution in [3.63, 3.8) is 0 Å². The van der Waals surface area contributed by atoms with Crippen molar-refractivity contribution in [3.8, 4) is 0 Å². The normalized spacial score (nSPS) is 20.0. The van der Waals surface area contributed by atoms with Crippen LogP contribution in [-0.4, -0.2) is 36.1 Å². The maximum atomic E-state index is 10.8. The Morgan fingerprint density at radius 3 is 2.50 bits per heavy atom. The van der Waals surface area contributed by atoms with E-state index >= 15 is 0 Å². The summed E-state index contributed by atoms with van der Waals surface area (Å²) in [6.45, 7) is 5.96. The van der Waals surface area contributed by atoms with E-state index in [1.54, 1.807) is 0 Å². The number of hydrogen-bond donors (Lipinski definition) is 1. The first-order chi connectivity index (χ1) is 9.42. The summed E-state index contributed by atoms with van der Waals surface area (Å²) in [7, 11) is 4.14. The molecule has 0 aromatic heterocycles. The summed E-state index contributed by atoms with van der Waals surface area (Å²) in [5, 5.41) is 8.87. The molecule has 0 heterocycles. The smallest absolute Gasteiger partial charge is 0.303 e. The van der Waals surface area contributed by atoms with Gasteiger partial charge in [0.05, 0.1) is 0 Å². The molecule has 0 radical (unpaired) electrons. The van der Waals surface area contributed by atoms with Gasteiger partial charge in [-0.1, -0.05) is 25.2 Å². The van der Waals surface area contributed by atoms with Gasteiger partial charge in [0, 0.05) is 12.5 Å². The van der Waals surface area contributed by atoms with Crippen LogP contribution < -0.4 is 0 Å². The molecule has 0 aliphatic heterocycles. The number of allylic oxidation sites excluding steroid dienone is 3. The summed E-state index contributed by atoms with van der Waals surface area (Å²) < 4.78 is 0. The maximum Gasteiger partial charge on any atom is 0.303 e. The fourth-order valence-corrected chi connectivity index (χ4v) is 2.52. The zero-order valence-electron chi connectivity index (χ0n) is 13.1. The minimum Gasteiger partial charge on any atom is -0.481 e. The minimum atomic E-state index is -0.705. The van der Waals surface area contributed by atoms with Crippen molar-refractivity contribution in [1.82, 2.24) is 4.90 Å². The molecular formula is C17H29NO2. The van der Waals surface area contributed by atoms with E-state index in [1.807, 2.05) is 13.0 Å². The average molecular weight is 279 g/mol. The summed E-state index contributed by atoms with van der Waals surface area (Å²) in [6.07, 6.45) is 11.5. The molecule has 114 valence electrons. The molecular weight excluding hydrogens is 250 g/mol. The second-order valence-corrected chi connectivity index (χ2v) is 6.41. The summed E-state index contributed by atoms with van der Waals surface area (Å²) in [5.74, 6) is 0.683. The first-order valence-electron chi connectivity index (χ1n) is 7.61. The molecule has 20 heavy (non-hydrogen) atoms. The van der Waals surface area contributed by atoms with E-state index in [1.165, 1.54) is 12.8 Å². The highest BCUT2D eigenvalue weighted by atomic mass is 16.4. The molecule has 1 aliphatic rings. The highest BCUT2D eigenvalue weighted by molar-refractivity contribution is 5.66. The average Bonchev–Trinajstić information content (AvgIpc) is 3.15. The van der Waals surface area contributed by atoms with Gasteiger partial charge in [-0.3, -0.25) is 4.79 Å². The van der Waals surface area contributed by atoms with Crippen LogP contribution in [0.5, 0.6) is 0 Å². The number of aliphatic carboxylic acids is 1. The first kappa shape index (κ1) is 17.0. The van der Waals surface area contributed by atoms with Crippen molar-refractivity contribution in [2.24, 2.45) is 17.8 Å². The third-order valence-corrected chi connectivity index (χ3v) is 4.03. The molecule has 0 aromatic rings. The highest BCUT2D eigenvalue weighted by Crippen LogP contribution is 2.31. The van der Waals surface area contributed by atoms with Crippen LogP contribution in [0.3, 0.4) is 0 Å². The lowest BCUT2D eigenvalue weighted by Gasteiger charge is -2.28. The largest absolute Gasteiger partial charge is 0.481 e. The van der Waals surface area contributed by atoms with Crippen molar-refractivity contribution in [3.05, 3.63) is 24.8 Å². The minimum absolute atomic E-state index is 0.206. The molecule has 3 heteroatoms. The SMILES string of the molecule is C=CC(/C=C/C1CC1)CC(CC(C)CC(=O)O)N(C)C. The van der Waals surface area contributed by atoms with Gasteiger partial charge in [-0.05, 0) is 57.5 Å². The molecule has 3 atom stereocenters. The van der Waals surface area contributed by atoms with Crippen LogP contribution in [0, 0.1) is 17.8 Å². The van der Waals surface area contributed by atoms with Gasteiger partial charge in [0.1, 0.15) is 0 Å². The molecule has 1 rings (SSSR count). The fraction of sp³-hybridized carbons (Fsp3) is 0.706. The Balaban J connectivity index is 2.50. The molecule has 3 nitrogen and oxygen atoms in total. The number of hydrogen-bond acceptors (Lipinski definition) is 2. The quantitative estimate of drug-likeness (QED) is 0.621. The number of nitrogens with zero attached hydrogens (tertiary/aromatic N) is 1. The van der Waals surface area contributed by atoms with E-state index < -0.39 is 5.97 Å². The monoisotopic (exact) mass is 279 g/mol. The van der Waals surface area contributed by atoms with Crippen LogP contribution in [0.4, 0.5) is 0 Å². The van der Waals surface area contributed by atoms with Crippen molar-refractivity contribution in [1.29, 1.82) is 0 Å². The van der Waals surface area contributed by atoms with Gasteiger partial charge in [0.2, 0.25) is 0 Å². The van der Waals surface area contributed by atoms with E-state index in [9.17, 15) is 4.79 Å².